The molecule has 0 amide bonds. The van der Waals surface area contributed by atoms with Crippen LogP contribution in [0.15, 0.2) is 47.4 Å². The molecule has 0 unspecified atom stereocenters. The molecule has 1 N–H and O–H groups in total. The van der Waals surface area contributed by atoms with Crippen LogP contribution < -0.4 is 5.56 Å². The summed E-state index contributed by atoms with van der Waals surface area (Å²) in [6.45, 7) is 1.25. The lowest BCUT2D eigenvalue weighted by Crippen LogP contribution is -2.02. The average Bonchev–Trinajstić information content (AvgIpc) is 2.93. The van der Waals surface area contributed by atoms with Crippen LogP contribution in [0.25, 0.3) is 11.1 Å². The molecule has 1 aromatic carbocycles. The second-order valence-corrected chi connectivity index (χ2v) is 4.14. The molecule has 3 rings (SSSR count). The molecular weight excluding hydrogens is 230 g/mol. The topological polar surface area (TPSA) is 51.3 Å². The molecule has 4 heteroatoms. The monoisotopic (exact) mass is 243 g/mol. The Labute approximate surface area is 104 Å². The highest BCUT2D eigenvalue weighted by atomic mass is 16.7. The van der Waals surface area contributed by atoms with Gasteiger partial charge in [0.15, 0.2) is 6.29 Å². The van der Waals surface area contributed by atoms with Crippen molar-refractivity contribution in [1.29, 1.82) is 0 Å². The van der Waals surface area contributed by atoms with Gasteiger partial charge in [0.2, 0.25) is 5.56 Å². The minimum Gasteiger partial charge on any atom is -0.346 e. The smallest absolute Gasteiger partial charge is 0.248 e. The quantitative estimate of drug-likeness (QED) is 0.878. The predicted molar refractivity (Wildman–Crippen MR) is 67.1 cm³/mol. The number of hydrogen-bond acceptors (Lipinski definition) is 3. The molecule has 2 aromatic rings. The van der Waals surface area contributed by atoms with E-state index in [2.05, 4.69) is 4.98 Å². The van der Waals surface area contributed by atoms with Gasteiger partial charge in [0.1, 0.15) is 0 Å². The van der Waals surface area contributed by atoms with E-state index in [4.69, 9.17) is 9.47 Å². The summed E-state index contributed by atoms with van der Waals surface area (Å²) in [7, 11) is 0. The highest BCUT2D eigenvalue weighted by Gasteiger charge is 2.18. The van der Waals surface area contributed by atoms with Gasteiger partial charge in [0, 0.05) is 17.8 Å². The highest BCUT2D eigenvalue weighted by molar-refractivity contribution is 5.63. The third-order valence-corrected chi connectivity index (χ3v) is 2.89. The number of rotatable bonds is 2. The summed E-state index contributed by atoms with van der Waals surface area (Å²) in [6, 6.07) is 11.3. The SMILES string of the molecule is O=c1cc(-c2cccc(C3OCCO3)c2)cc[nH]1. The fourth-order valence-corrected chi connectivity index (χ4v) is 2.04. The van der Waals surface area contributed by atoms with Crippen molar-refractivity contribution in [3.63, 3.8) is 0 Å². The molecule has 2 heterocycles. The van der Waals surface area contributed by atoms with E-state index in [1.807, 2.05) is 30.3 Å². The molecule has 1 saturated heterocycles. The predicted octanol–water partition coefficient (Wildman–Crippen LogP) is 2.09. The van der Waals surface area contributed by atoms with Gasteiger partial charge in [-0.3, -0.25) is 4.79 Å². The number of H-pyrrole nitrogens is 1. The second-order valence-electron chi connectivity index (χ2n) is 4.14. The van der Waals surface area contributed by atoms with Gasteiger partial charge in [-0.2, -0.15) is 0 Å². The summed E-state index contributed by atoms with van der Waals surface area (Å²) in [5.41, 5.74) is 2.74. The fraction of sp³-hybridized carbons (Fsp3) is 0.214. The van der Waals surface area contributed by atoms with Crippen molar-refractivity contribution >= 4 is 0 Å². The first-order chi connectivity index (χ1) is 8.83. The van der Waals surface area contributed by atoms with Gasteiger partial charge in [-0.15, -0.1) is 0 Å². The van der Waals surface area contributed by atoms with Crippen molar-refractivity contribution in [1.82, 2.24) is 4.98 Å². The van der Waals surface area contributed by atoms with Crippen LogP contribution in [-0.4, -0.2) is 18.2 Å². The molecule has 18 heavy (non-hydrogen) atoms. The van der Waals surface area contributed by atoms with Gasteiger partial charge >= 0.3 is 0 Å². The van der Waals surface area contributed by atoms with Gasteiger partial charge in [0.05, 0.1) is 13.2 Å². The minimum absolute atomic E-state index is 0.105. The highest BCUT2D eigenvalue weighted by Crippen LogP contribution is 2.27. The second kappa shape index (κ2) is 4.76. The van der Waals surface area contributed by atoms with Gasteiger partial charge < -0.3 is 14.5 Å². The zero-order valence-electron chi connectivity index (χ0n) is 9.76. The summed E-state index contributed by atoms with van der Waals surface area (Å²) in [4.78, 5) is 13.9. The van der Waals surface area contributed by atoms with Crippen LogP contribution in [-0.2, 0) is 9.47 Å². The van der Waals surface area contributed by atoms with Gasteiger partial charge in [0.25, 0.3) is 0 Å². The van der Waals surface area contributed by atoms with Crippen LogP contribution in [0.5, 0.6) is 0 Å². The Morgan fingerprint density at radius 1 is 1.06 bits per heavy atom. The lowest BCUT2D eigenvalue weighted by atomic mass is 10.0. The molecule has 1 aliphatic rings. The molecule has 1 aromatic heterocycles. The molecule has 92 valence electrons. The zero-order chi connectivity index (χ0) is 12.4. The van der Waals surface area contributed by atoms with Crippen LogP contribution in [0.1, 0.15) is 11.9 Å². The Morgan fingerprint density at radius 3 is 2.61 bits per heavy atom. The number of nitrogens with one attached hydrogen (secondary N) is 1. The maximum atomic E-state index is 11.3. The first kappa shape index (κ1) is 11.2. The van der Waals surface area contributed by atoms with Crippen molar-refractivity contribution < 1.29 is 9.47 Å². The Bertz CT molecular complexity index is 600. The maximum absolute atomic E-state index is 11.3. The molecule has 0 bridgehead atoms. The molecule has 0 spiro atoms. The summed E-state index contributed by atoms with van der Waals surface area (Å²) in [6.07, 6.45) is 1.36. The zero-order valence-corrected chi connectivity index (χ0v) is 9.76. The molecule has 0 radical (unpaired) electrons. The number of ether oxygens (including phenoxy) is 2. The standard InChI is InChI=1S/C14H13NO3/c16-13-9-11(4-5-15-13)10-2-1-3-12(8-10)14-17-6-7-18-14/h1-5,8-9,14H,6-7H2,(H,15,16). The van der Waals surface area contributed by atoms with E-state index in [1.54, 1.807) is 12.3 Å². The Kier molecular flexibility index (Phi) is 2.96. The largest absolute Gasteiger partial charge is 0.346 e. The lowest BCUT2D eigenvalue weighted by molar-refractivity contribution is -0.0440. The van der Waals surface area contributed by atoms with Crippen LogP contribution in [0, 0.1) is 0 Å². The van der Waals surface area contributed by atoms with E-state index in [-0.39, 0.29) is 11.8 Å². The summed E-state index contributed by atoms with van der Waals surface area (Å²) >= 11 is 0. The van der Waals surface area contributed by atoms with Crippen LogP contribution in [0.3, 0.4) is 0 Å². The summed E-state index contributed by atoms with van der Waals surface area (Å²) < 4.78 is 10.9. The first-order valence-electron chi connectivity index (χ1n) is 5.85. The molecular formula is C14H13NO3. The van der Waals surface area contributed by atoms with Crippen LogP contribution >= 0.6 is 0 Å². The Morgan fingerprint density at radius 2 is 1.83 bits per heavy atom. The lowest BCUT2D eigenvalue weighted by Gasteiger charge is -2.10. The van der Waals surface area contributed by atoms with Crippen molar-refractivity contribution in [2.45, 2.75) is 6.29 Å². The van der Waals surface area contributed by atoms with E-state index in [0.29, 0.717) is 13.2 Å². The van der Waals surface area contributed by atoms with E-state index in [0.717, 1.165) is 16.7 Å². The Hall–Kier alpha value is -1.91. The van der Waals surface area contributed by atoms with Crippen molar-refractivity contribution in [2.24, 2.45) is 0 Å². The van der Waals surface area contributed by atoms with E-state index >= 15 is 0 Å². The molecule has 1 fully saturated rings. The van der Waals surface area contributed by atoms with E-state index < -0.39 is 0 Å². The van der Waals surface area contributed by atoms with Crippen LogP contribution in [0.4, 0.5) is 0 Å². The summed E-state index contributed by atoms with van der Waals surface area (Å²) in [5, 5.41) is 0. The number of pyridine rings is 1. The number of aromatic amines is 1. The van der Waals surface area contributed by atoms with E-state index in [1.165, 1.54) is 0 Å². The average molecular weight is 243 g/mol. The molecule has 0 atom stereocenters. The van der Waals surface area contributed by atoms with Crippen LogP contribution in [0.2, 0.25) is 0 Å². The molecule has 0 saturated carbocycles. The Balaban J connectivity index is 1.97. The van der Waals surface area contributed by atoms with Gasteiger partial charge in [-0.05, 0) is 23.3 Å². The number of hydrogen-bond donors (Lipinski definition) is 1. The normalized spacial score (nSPS) is 16.0. The minimum atomic E-state index is -0.285. The third-order valence-electron chi connectivity index (χ3n) is 2.89. The molecule has 0 aliphatic carbocycles. The third kappa shape index (κ3) is 2.20. The summed E-state index contributed by atoms with van der Waals surface area (Å²) in [5.74, 6) is 0. The molecule has 4 nitrogen and oxygen atoms in total. The van der Waals surface area contributed by atoms with Gasteiger partial charge in [-0.1, -0.05) is 18.2 Å². The molecule has 1 aliphatic heterocycles. The number of benzene rings is 1. The van der Waals surface area contributed by atoms with E-state index in [9.17, 15) is 4.79 Å². The van der Waals surface area contributed by atoms with Crippen molar-refractivity contribution in [3.8, 4) is 11.1 Å². The van der Waals surface area contributed by atoms with Crippen molar-refractivity contribution in [2.75, 3.05) is 13.2 Å². The first-order valence-corrected chi connectivity index (χ1v) is 5.85. The number of aromatic nitrogens is 1. The fourth-order valence-electron chi connectivity index (χ4n) is 2.04. The van der Waals surface area contributed by atoms with Crippen molar-refractivity contribution in [3.05, 3.63) is 58.5 Å². The van der Waals surface area contributed by atoms with Gasteiger partial charge in [-0.25, -0.2) is 0 Å². The maximum Gasteiger partial charge on any atom is 0.248 e.